The number of hydrogen-bond donors (Lipinski definition) is 2. The summed E-state index contributed by atoms with van der Waals surface area (Å²) in [4.78, 5) is 12.9. The summed E-state index contributed by atoms with van der Waals surface area (Å²) in [5.74, 6) is 0.282. The van der Waals surface area contributed by atoms with Crippen LogP contribution in [0.25, 0.3) is 0 Å². The van der Waals surface area contributed by atoms with Gasteiger partial charge in [-0.15, -0.1) is 10.2 Å². The number of aryl methyl sites for hydroxylation is 2. The monoisotopic (exact) mass is 351 g/mol. The Morgan fingerprint density at radius 3 is 2.69 bits per heavy atom. The molecule has 2 aromatic carbocycles. The van der Waals surface area contributed by atoms with Crippen molar-refractivity contribution in [2.75, 3.05) is 12.4 Å². The van der Waals surface area contributed by atoms with Gasteiger partial charge in [0.15, 0.2) is 5.82 Å². The van der Waals surface area contributed by atoms with Gasteiger partial charge < -0.3 is 10.1 Å². The van der Waals surface area contributed by atoms with Gasteiger partial charge in [0.2, 0.25) is 5.91 Å². The van der Waals surface area contributed by atoms with Gasteiger partial charge in [0.1, 0.15) is 11.7 Å². The molecular formula is C19H21N5O2. The van der Waals surface area contributed by atoms with Crippen LogP contribution in [0.5, 0.6) is 5.75 Å². The van der Waals surface area contributed by atoms with E-state index >= 15 is 0 Å². The highest BCUT2D eigenvalue weighted by Crippen LogP contribution is 2.26. The van der Waals surface area contributed by atoms with Crippen LogP contribution < -0.4 is 10.1 Å². The summed E-state index contributed by atoms with van der Waals surface area (Å²) in [6, 6.07) is 13.4. The zero-order valence-electron chi connectivity index (χ0n) is 15.0. The molecule has 26 heavy (non-hydrogen) atoms. The number of benzene rings is 2. The molecule has 1 amide bonds. The summed E-state index contributed by atoms with van der Waals surface area (Å²) in [5, 5.41) is 17.0. The van der Waals surface area contributed by atoms with Gasteiger partial charge in [-0.25, -0.2) is 0 Å². The SMILES string of the molecule is COc1ccccc1CC(C(=O)Nc1ccc(C)c(C)c1)c1nn[nH]n1. The number of para-hydroxylation sites is 1. The number of aromatic nitrogens is 4. The predicted molar refractivity (Wildman–Crippen MR) is 98.2 cm³/mol. The molecule has 1 atom stereocenters. The summed E-state index contributed by atoms with van der Waals surface area (Å²) < 4.78 is 5.39. The van der Waals surface area contributed by atoms with Gasteiger partial charge in [0, 0.05) is 5.69 Å². The molecule has 1 unspecified atom stereocenters. The van der Waals surface area contributed by atoms with Crippen molar-refractivity contribution in [3.05, 3.63) is 65.0 Å². The van der Waals surface area contributed by atoms with Crippen molar-refractivity contribution in [2.24, 2.45) is 0 Å². The minimum absolute atomic E-state index is 0.194. The van der Waals surface area contributed by atoms with Crippen molar-refractivity contribution < 1.29 is 9.53 Å². The van der Waals surface area contributed by atoms with Gasteiger partial charge in [0.05, 0.1) is 7.11 Å². The molecule has 2 N–H and O–H groups in total. The minimum Gasteiger partial charge on any atom is -0.496 e. The quantitative estimate of drug-likeness (QED) is 0.712. The number of amides is 1. The summed E-state index contributed by atoms with van der Waals surface area (Å²) in [6.07, 6.45) is 0.403. The Labute approximate surface area is 151 Å². The Balaban J connectivity index is 1.86. The predicted octanol–water partition coefficient (Wildman–Crippen LogP) is 2.79. The van der Waals surface area contributed by atoms with Crippen LogP contribution >= 0.6 is 0 Å². The van der Waals surface area contributed by atoms with E-state index in [-0.39, 0.29) is 5.91 Å². The third kappa shape index (κ3) is 3.88. The lowest BCUT2D eigenvalue weighted by Crippen LogP contribution is -2.24. The molecule has 0 saturated carbocycles. The fraction of sp³-hybridized carbons (Fsp3) is 0.263. The molecule has 0 aliphatic rings. The molecule has 0 bridgehead atoms. The summed E-state index contributed by atoms with van der Waals surface area (Å²) >= 11 is 0. The molecule has 0 radical (unpaired) electrons. The number of nitrogens with zero attached hydrogens (tertiary/aromatic N) is 3. The summed E-state index contributed by atoms with van der Waals surface area (Å²) in [5.41, 5.74) is 3.93. The van der Waals surface area contributed by atoms with E-state index in [0.29, 0.717) is 12.2 Å². The maximum Gasteiger partial charge on any atom is 0.235 e. The lowest BCUT2D eigenvalue weighted by molar-refractivity contribution is -0.117. The number of rotatable bonds is 6. The van der Waals surface area contributed by atoms with E-state index in [9.17, 15) is 4.79 Å². The smallest absolute Gasteiger partial charge is 0.235 e. The molecule has 3 aromatic rings. The average Bonchev–Trinajstić information content (AvgIpc) is 3.17. The second-order valence-corrected chi connectivity index (χ2v) is 6.13. The van der Waals surface area contributed by atoms with Crippen LogP contribution in [-0.2, 0) is 11.2 Å². The number of hydrogen-bond acceptors (Lipinski definition) is 5. The largest absolute Gasteiger partial charge is 0.496 e. The highest BCUT2D eigenvalue weighted by Gasteiger charge is 2.26. The number of carbonyl (C=O) groups excluding carboxylic acids is 1. The molecule has 0 spiro atoms. The molecule has 3 rings (SSSR count). The zero-order valence-corrected chi connectivity index (χ0v) is 15.0. The number of anilines is 1. The van der Waals surface area contributed by atoms with Crippen molar-refractivity contribution in [1.82, 2.24) is 20.6 Å². The van der Waals surface area contributed by atoms with Gasteiger partial charge in [-0.05, 0) is 55.2 Å². The molecule has 1 heterocycles. The molecule has 0 aliphatic carbocycles. The van der Waals surface area contributed by atoms with Crippen molar-refractivity contribution in [3.8, 4) is 5.75 Å². The Morgan fingerprint density at radius 2 is 2.00 bits per heavy atom. The maximum atomic E-state index is 12.9. The van der Waals surface area contributed by atoms with Crippen LogP contribution in [0.3, 0.4) is 0 Å². The van der Waals surface area contributed by atoms with Gasteiger partial charge >= 0.3 is 0 Å². The Morgan fingerprint density at radius 1 is 1.19 bits per heavy atom. The number of ether oxygens (including phenoxy) is 1. The molecule has 0 aliphatic heterocycles. The zero-order chi connectivity index (χ0) is 18.5. The van der Waals surface area contributed by atoms with Crippen molar-refractivity contribution >= 4 is 11.6 Å². The first-order valence-electron chi connectivity index (χ1n) is 8.32. The molecule has 7 heteroatoms. The van der Waals surface area contributed by atoms with Crippen molar-refractivity contribution in [2.45, 2.75) is 26.2 Å². The molecule has 7 nitrogen and oxygen atoms in total. The van der Waals surface area contributed by atoms with E-state index in [1.165, 1.54) is 5.56 Å². The molecule has 0 saturated heterocycles. The van der Waals surface area contributed by atoms with Crippen molar-refractivity contribution in [1.29, 1.82) is 0 Å². The van der Waals surface area contributed by atoms with Crippen LogP contribution in [0.2, 0.25) is 0 Å². The van der Waals surface area contributed by atoms with Gasteiger partial charge in [-0.2, -0.15) is 5.21 Å². The first-order valence-corrected chi connectivity index (χ1v) is 8.32. The van der Waals surface area contributed by atoms with Crippen molar-refractivity contribution in [3.63, 3.8) is 0 Å². The normalized spacial score (nSPS) is 11.8. The van der Waals surface area contributed by atoms with Crippen LogP contribution in [0, 0.1) is 13.8 Å². The Hall–Kier alpha value is -3.22. The molecule has 1 aromatic heterocycles. The lowest BCUT2D eigenvalue weighted by Gasteiger charge is -2.16. The number of aromatic amines is 1. The minimum atomic E-state index is -0.591. The third-order valence-corrected chi connectivity index (χ3v) is 4.38. The standard InChI is InChI=1S/C19H21N5O2/c1-12-8-9-15(10-13(12)2)20-19(25)16(18-21-23-24-22-18)11-14-6-4-5-7-17(14)26-3/h4-10,16H,11H2,1-3H3,(H,20,25)(H,21,22,23,24). The van der Waals surface area contributed by atoms with E-state index in [0.717, 1.165) is 22.6 Å². The summed E-state index contributed by atoms with van der Waals surface area (Å²) in [7, 11) is 1.61. The van der Waals surface area contributed by atoms with E-state index in [2.05, 4.69) is 25.9 Å². The first kappa shape index (κ1) is 17.6. The fourth-order valence-corrected chi connectivity index (χ4v) is 2.76. The second kappa shape index (κ2) is 7.77. The number of H-pyrrole nitrogens is 1. The molecule has 134 valence electrons. The fourth-order valence-electron chi connectivity index (χ4n) is 2.76. The van der Waals surface area contributed by atoms with Gasteiger partial charge in [0.25, 0.3) is 0 Å². The maximum absolute atomic E-state index is 12.9. The lowest BCUT2D eigenvalue weighted by atomic mass is 9.96. The van der Waals surface area contributed by atoms with Crippen LogP contribution in [0.15, 0.2) is 42.5 Å². The Kier molecular flexibility index (Phi) is 5.26. The molecule has 0 fully saturated rings. The van der Waals surface area contributed by atoms with E-state index < -0.39 is 5.92 Å². The van der Waals surface area contributed by atoms with Gasteiger partial charge in [-0.1, -0.05) is 29.5 Å². The first-order chi connectivity index (χ1) is 12.6. The average molecular weight is 351 g/mol. The summed E-state index contributed by atoms with van der Waals surface area (Å²) in [6.45, 7) is 4.04. The van der Waals surface area contributed by atoms with Crippen LogP contribution in [0.1, 0.15) is 28.4 Å². The van der Waals surface area contributed by atoms with Crippen LogP contribution in [-0.4, -0.2) is 33.6 Å². The van der Waals surface area contributed by atoms with E-state index in [1.807, 2.05) is 56.3 Å². The number of methoxy groups -OCH3 is 1. The second-order valence-electron chi connectivity index (χ2n) is 6.13. The number of tetrazole rings is 1. The molecular weight excluding hydrogens is 330 g/mol. The third-order valence-electron chi connectivity index (χ3n) is 4.38. The van der Waals surface area contributed by atoms with E-state index in [1.54, 1.807) is 7.11 Å². The highest BCUT2D eigenvalue weighted by molar-refractivity contribution is 5.95. The number of carbonyl (C=O) groups is 1. The van der Waals surface area contributed by atoms with Gasteiger partial charge in [-0.3, -0.25) is 4.79 Å². The van der Waals surface area contributed by atoms with Crippen LogP contribution in [0.4, 0.5) is 5.69 Å². The number of nitrogens with one attached hydrogen (secondary N) is 2. The van der Waals surface area contributed by atoms with E-state index in [4.69, 9.17) is 4.74 Å². The Bertz CT molecular complexity index is 893. The topological polar surface area (TPSA) is 92.8 Å². The highest BCUT2D eigenvalue weighted by atomic mass is 16.5.